The van der Waals surface area contributed by atoms with Crippen LogP contribution in [0.3, 0.4) is 0 Å². The number of nitrogens with one attached hydrogen (secondary N) is 1. The molecule has 2 aliphatic heterocycles. The van der Waals surface area contributed by atoms with Crippen LogP contribution in [0.5, 0.6) is 0 Å². The average molecular weight is 267 g/mol. The lowest BCUT2D eigenvalue weighted by atomic mass is 9.98. The highest BCUT2D eigenvalue weighted by atomic mass is 16.5. The molecule has 0 aromatic rings. The lowest BCUT2D eigenvalue weighted by molar-refractivity contribution is 0.0142. The number of ether oxygens (including phenoxy) is 1. The van der Waals surface area contributed by atoms with Crippen molar-refractivity contribution in [3.63, 3.8) is 0 Å². The number of carbonyl (C=O) groups excluding carboxylic acids is 1. The first-order valence-corrected chi connectivity index (χ1v) is 7.60. The largest absolute Gasteiger partial charge is 0.374 e. The van der Waals surface area contributed by atoms with Gasteiger partial charge in [-0.25, -0.2) is 4.79 Å². The Morgan fingerprint density at radius 3 is 2.84 bits per heavy atom. The van der Waals surface area contributed by atoms with Gasteiger partial charge < -0.3 is 19.9 Å². The van der Waals surface area contributed by atoms with Crippen LogP contribution in [0.15, 0.2) is 0 Å². The van der Waals surface area contributed by atoms with Crippen molar-refractivity contribution < 1.29 is 9.53 Å². The summed E-state index contributed by atoms with van der Waals surface area (Å²) in [6.45, 7) is 4.17. The SMILES string of the molecule is CN1C(=O)N(CC2CNCCO2)CC1C1CCCC1. The standard InChI is InChI=1S/C14H25N3O2/c1-16-13(11-4-2-3-5-11)10-17(14(16)18)9-12-8-15-6-7-19-12/h11-13,15H,2-10H2,1H3. The van der Waals surface area contributed by atoms with Crippen LogP contribution >= 0.6 is 0 Å². The maximum absolute atomic E-state index is 12.3. The van der Waals surface area contributed by atoms with Gasteiger partial charge in [-0.3, -0.25) is 0 Å². The van der Waals surface area contributed by atoms with Gasteiger partial charge in [0.25, 0.3) is 0 Å². The number of urea groups is 1. The topological polar surface area (TPSA) is 44.8 Å². The molecular formula is C14H25N3O2. The molecule has 1 N–H and O–H groups in total. The summed E-state index contributed by atoms with van der Waals surface area (Å²) in [5.74, 6) is 0.712. The molecule has 3 rings (SSSR count). The lowest BCUT2D eigenvalue weighted by Gasteiger charge is -2.27. The second-order valence-electron chi connectivity index (χ2n) is 6.11. The molecule has 2 unspecified atom stereocenters. The molecule has 2 amide bonds. The highest BCUT2D eigenvalue weighted by molar-refractivity contribution is 5.77. The summed E-state index contributed by atoms with van der Waals surface area (Å²) in [6, 6.07) is 0.609. The van der Waals surface area contributed by atoms with Crippen LogP contribution in [0, 0.1) is 5.92 Å². The number of likely N-dealkylation sites (N-methyl/N-ethyl adjacent to an activating group) is 1. The van der Waals surface area contributed by atoms with Gasteiger partial charge in [0.05, 0.1) is 18.8 Å². The van der Waals surface area contributed by atoms with E-state index in [1.807, 2.05) is 16.8 Å². The summed E-state index contributed by atoms with van der Waals surface area (Å²) in [4.78, 5) is 16.3. The van der Waals surface area contributed by atoms with E-state index in [9.17, 15) is 4.79 Å². The quantitative estimate of drug-likeness (QED) is 0.826. The van der Waals surface area contributed by atoms with Gasteiger partial charge in [-0.05, 0) is 18.8 Å². The fraction of sp³-hybridized carbons (Fsp3) is 0.929. The molecular weight excluding hydrogens is 242 g/mol. The zero-order valence-electron chi connectivity index (χ0n) is 11.8. The summed E-state index contributed by atoms with van der Waals surface area (Å²) in [6.07, 6.45) is 5.40. The molecule has 0 spiro atoms. The number of morpholine rings is 1. The number of rotatable bonds is 3. The number of amides is 2. The van der Waals surface area contributed by atoms with Crippen molar-refractivity contribution in [1.82, 2.24) is 15.1 Å². The fourth-order valence-electron chi connectivity index (χ4n) is 3.73. The predicted molar refractivity (Wildman–Crippen MR) is 73.1 cm³/mol. The van der Waals surface area contributed by atoms with Gasteiger partial charge in [0.15, 0.2) is 0 Å². The summed E-state index contributed by atoms with van der Waals surface area (Å²) in [7, 11) is 1.96. The van der Waals surface area contributed by atoms with Crippen LogP contribution in [0.4, 0.5) is 4.79 Å². The molecule has 2 saturated heterocycles. The van der Waals surface area contributed by atoms with Crippen molar-refractivity contribution in [2.24, 2.45) is 5.92 Å². The molecule has 0 aromatic carbocycles. The third-order valence-corrected chi connectivity index (χ3v) is 4.85. The summed E-state index contributed by atoms with van der Waals surface area (Å²) < 4.78 is 5.71. The molecule has 0 aromatic heterocycles. The number of nitrogens with zero attached hydrogens (tertiary/aromatic N) is 2. The van der Waals surface area contributed by atoms with E-state index in [-0.39, 0.29) is 12.1 Å². The van der Waals surface area contributed by atoms with E-state index in [1.54, 1.807) is 0 Å². The third kappa shape index (κ3) is 2.72. The summed E-state index contributed by atoms with van der Waals surface area (Å²) >= 11 is 0. The molecule has 5 nitrogen and oxygen atoms in total. The first kappa shape index (κ1) is 13.2. The molecule has 19 heavy (non-hydrogen) atoms. The van der Waals surface area contributed by atoms with Crippen molar-refractivity contribution >= 4 is 6.03 Å². The normalized spacial score (nSPS) is 33.4. The van der Waals surface area contributed by atoms with Crippen LogP contribution in [0.1, 0.15) is 25.7 Å². The third-order valence-electron chi connectivity index (χ3n) is 4.85. The molecule has 0 radical (unpaired) electrons. The van der Waals surface area contributed by atoms with Crippen LogP contribution in [0.25, 0.3) is 0 Å². The van der Waals surface area contributed by atoms with Crippen LogP contribution in [-0.4, -0.2) is 67.8 Å². The maximum Gasteiger partial charge on any atom is 0.320 e. The van der Waals surface area contributed by atoms with E-state index in [4.69, 9.17) is 4.74 Å². The van der Waals surface area contributed by atoms with Crippen molar-refractivity contribution in [2.75, 3.05) is 39.8 Å². The maximum atomic E-state index is 12.3. The van der Waals surface area contributed by atoms with Gasteiger partial charge in [-0.15, -0.1) is 0 Å². The van der Waals surface area contributed by atoms with Crippen molar-refractivity contribution in [1.29, 1.82) is 0 Å². The number of carbonyl (C=O) groups is 1. The monoisotopic (exact) mass is 267 g/mol. The van der Waals surface area contributed by atoms with Crippen molar-refractivity contribution in [2.45, 2.75) is 37.8 Å². The molecule has 3 aliphatic rings. The molecule has 108 valence electrons. The van der Waals surface area contributed by atoms with E-state index in [2.05, 4.69) is 5.32 Å². The van der Waals surface area contributed by atoms with Crippen LogP contribution in [0.2, 0.25) is 0 Å². The minimum absolute atomic E-state index is 0.161. The molecule has 1 saturated carbocycles. The first-order valence-electron chi connectivity index (χ1n) is 7.60. The molecule has 0 bridgehead atoms. The van der Waals surface area contributed by atoms with E-state index in [1.165, 1.54) is 25.7 Å². The summed E-state index contributed by atoms with van der Waals surface area (Å²) in [5, 5.41) is 3.32. The van der Waals surface area contributed by atoms with Gasteiger partial charge in [-0.1, -0.05) is 12.8 Å². The smallest absolute Gasteiger partial charge is 0.320 e. The van der Waals surface area contributed by atoms with Gasteiger partial charge in [-0.2, -0.15) is 0 Å². The Bertz CT molecular complexity index is 325. The highest BCUT2D eigenvalue weighted by Crippen LogP contribution is 2.33. The van der Waals surface area contributed by atoms with E-state index >= 15 is 0 Å². The zero-order valence-corrected chi connectivity index (χ0v) is 11.8. The second kappa shape index (κ2) is 5.67. The second-order valence-corrected chi connectivity index (χ2v) is 6.11. The molecule has 3 fully saturated rings. The Labute approximate surface area is 115 Å². The molecule has 5 heteroatoms. The van der Waals surface area contributed by atoms with Gasteiger partial charge >= 0.3 is 6.03 Å². The first-order chi connectivity index (χ1) is 9.25. The van der Waals surface area contributed by atoms with Gasteiger partial charge in [0.2, 0.25) is 0 Å². The summed E-state index contributed by atoms with van der Waals surface area (Å²) in [5.41, 5.74) is 0. The van der Waals surface area contributed by atoms with Crippen LogP contribution in [-0.2, 0) is 4.74 Å². The Kier molecular flexibility index (Phi) is 3.93. The highest BCUT2D eigenvalue weighted by Gasteiger charge is 2.40. The predicted octanol–water partition coefficient (Wildman–Crippen LogP) is 0.901. The lowest BCUT2D eigenvalue weighted by Crippen LogP contribution is -2.46. The average Bonchev–Trinajstić information content (AvgIpc) is 3.04. The fourth-order valence-corrected chi connectivity index (χ4v) is 3.73. The van der Waals surface area contributed by atoms with Crippen molar-refractivity contribution in [3.8, 4) is 0 Å². The Morgan fingerprint density at radius 1 is 1.37 bits per heavy atom. The van der Waals surface area contributed by atoms with Gasteiger partial charge in [0, 0.05) is 33.2 Å². The Balaban J connectivity index is 1.58. The number of hydrogen-bond donors (Lipinski definition) is 1. The van der Waals surface area contributed by atoms with E-state index in [0.717, 1.165) is 32.8 Å². The minimum Gasteiger partial charge on any atom is -0.374 e. The molecule has 2 heterocycles. The van der Waals surface area contributed by atoms with Crippen LogP contribution < -0.4 is 5.32 Å². The van der Waals surface area contributed by atoms with Gasteiger partial charge in [0.1, 0.15) is 0 Å². The Morgan fingerprint density at radius 2 is 2.16 bits per heavy atom. The number of hydrogen-bond acceptors (Lipinski definition) is 3. The van der Waals surface area contributed by atoms with Crippen molar-refractivity contribution in [3.05, 3.63) is 0 Å². The zero-order chi connectivity index (χ0) is 13.2. The van der Waals surface area contributed by atoms with E-state index in [0.29, 0.717) is 12.0 Å². The molecule has 2 atom stereocenters. The minimum atomic E-state index is 0.161. The molecule has 1 aliphatic carbocycles. The Hall–Kier alpha value is -0.810. The van der Waals surface area contributed by atoms with E-state index < -0.39 is 0 Å².